The number of carbonyl (C=O) groups is 1. The zero-order chi connectivity index (χ0) is 15.1. The second kappa shape index (κ2) is 7.31. The summed E-state index contributed by atoms with van der Waals surface area (Å²) >= 11 is 5.77. The van der Waals surface area contributed by atoms with Crippen molar-refractivity contribution in [2.45, 2.75) is 0 Å². The summed E-state index contributed by atoms with van der Waals surface area (Å²) < 4.78 is 0. The normalized spacial score (nSPS) is 10.5. The van der Waals surface area contributed by atoms with E-state index in [2.05, 4.69) is 15.8 Å². The fourth-order valence-electron chi connectivity index (χ4n) is 1.53. The van der Waals surface area contributed by atoms with E-state index in [0.29, 0.717) is 5.02 Å². The molecule has 1 amide bonds. The van der Waals surface area contributed by atoms with Crippen LogP contribution in [0, 0.1) is 0 Å². The van der Waals surface area contributed by atoms with Crippen molar-refractivity contribution in [1.29, 1.82) is 0 Å². The number of rotatable bonds is 5. The minimum absolute atomic E-state index is 0.106. The summed E-state index contributed by atoms with van der Waals surface area (Å²) in [5.74, 6) is -0.0803. The molecule has 0 spiro atoms. The SMILES string of the molecule is O=C(CNc1ccc(Cl)cc1)N/N=C\c1ccc(O)cc1. The van der Waals surface area contributed by atoms with Crippen molar-refractivity contribution < 1.29 is 9.90 Å². The number of phenols is 1. The number of phenolic OH excluding ortho intramolecular Hbond substituents is 1. The van der Waals surface area contributed by atoms with Crippen LogP contribution in [0.15, 0.2) is 53.6 Å². The van der Waals surface area contributed by atoms with E-state index in [1.54, 1.807) is 48.5 Å². The van der Waals surface area contributed by atoms with Gasteiger partial charge < -0.3 is 10.4 Å². The molecule has 0 aliphatic carbocycles. The third-order valence-corrected chi connectivity index (χ3v) is 2.85. The highest BCUT2D eigenvalue weighted by Crippen LogP contribution is 2.12. The molecule has 0 aromatic heterocycles. The smallest absolute Gasteiger partial charge is 0.259 e. The quantitative estimate of drug-likeness (QED) is 0.587. The molecule has 2 aromatic rings. The van der Waals surface area contributed by atoms with Crippen molar-refractivity contribution in [2.24, 2.45) is 5.10 Å². The largest absolute Gasteiger partial charge is 0.508 e. The molecule has 0 saturated carbocycles. The van der Waals surface area contributed by atoms with Gasteiger partial charge in [0.05, 0.1) is 12.8 Å². The summed E-state index contributed by atoms with van der Waals surface area (Å²) in [6.45, 7) is 0.106. The lowest BCUT2D eigenvalue weighted by Gasteiger charge is -2.04. The highest BCUT2D eigenvalue weighted by molar-refractivity contribution is 6.30. The first-order valence-electron chi connectivity index (χ1n) is 6.24. The van der Waals surface area contributed by atoms with Crippen LogP contribution in [-0.4, -0.2) is 23.8 Å². The maximum atomic E-state index is 11.6. The highest BCUT2D eigenvalue weighted by Gasteiger charge is 1.99. The molecule has 0 saturated heterocycles. The summed E-state index contributed by atoms with van der Waals surface area (Å²) in [7, 11) is 0. The summed E-state index contributed by atoms with van der Waals surface area (Å²) in [4.78, 5) is 11.6. The van der Waals surface area contributed by atoms with Gasteiger partial charge in [-0.3, -0.25) is 4.79 Å². The molecule has 6 heteroatoms. The lowest BCUT2D eigenvalue weighted by Crippen LogP contribution is -2.25. The monoisotopic (exact) mass is 303 g/mol. The van der Waals surface area contributed by atoms with Crippen LogP contribution >= 0.6 is 11.6 Å². The molecule has 0 radical (unpaired) electrons. The molecule has 5 nitrogen and oxygen atoms in total. The molecule has 0 atom stereocenters. The van der Waals surface area contributed by atoms with Crippen molar-refractivity contribution in [2.75, 3.05) is 11.9 Å². The topological polar surface area (TPSA) is 73.7 Å². The molecular weight excluding hydrogens is 290 g/mol. The third kappa shape index (κ3) is 5.16. The van der Waals surface area contributed by atoms with Gasteiger partial charge in [0.15, 0.2) is 0 Å². The van der Waals surface area contributed by atoms with Gasteiger partial charge >= 0.3 is 0 Å². The molecule has 0 aliphatic rings. The number of hydrazone groups is 1. The molecule has 0 heterocycles. The van der Waals surface area contributed by atoms with Gasteiger partial charge in [0.2, 0.25) is 0 Å². The Labute approximate surface area is 127 Å². The van der Waals surface area contributed by atoms with E-state index in [-0.39, 0.29) is 18.2 Å². The Balaban J connectivity index is 1.77. The van der Waals surface area contributed by atoms with Crippen LogP contribution in [0.4, 0.5) is 5.69 Å². The zero-order valence-electron chi connectivity index (χ0n) is 11.1. The number of hydrogen-bond donors (Lipinski definition) is 3. The fourth-order valence-corrected chi connectivity index (χ4v) is 1.65. The van der Waals surface area contributed by atoms with Gasteiger partial charge in [0.1, 0.15) is 5.75 Å². The fraction of sp³-hybridized carbons (Fsp3) is 0.0667. The number of carbonyl (C=O) groups excluding carboxylic acids is 1. The maximum absolute atomic E-state index is 11.6. The van der Waals surface area contributed by atoms with Gasteiger partial charge in [-0.15, -0.1) is 0 Å². The summed E-state index contributed by atoms with van der Waals surface area (Å²) in [6.07, 6.45) is 1.50. The second-order valence-electron chi connectivity index (χ2n) is 4.25. The first-order chi connectivity index (χ1) is 10.1. The molecule has 108 valence electrons. The van der Waals surface area contributed by atoms with Crippen LogP contribution in [0.3, 0.4) is 0 Å². The Morgan fingerprint density at radius 3 is 2.48 bits per heavy atom. The van der Waals surface area contributed by atoms with Crippen molar-refractivity contribution in [3.8, 4) is 5.75 Å². The van der Waals surface area contributed by atoms with Gasteiger partial charge in [-0.2, -0.15) is 5.10 Å². The highest BCUT2D eigenvalue weighted by atomic mass is 35.5. The number of anilines is 1. The van der Waals surface area contributed by atoms with Crippen molar-refractivity contribution in [3.05, 3.63) is 59.1 Å². The van der Waals surface area contributed by atoms with Crippen molar-refractivity contribution in [1.82, 2.24) is 5.43 Å². The van der Waals surface area contributed by atoms with Gasteiger partial charge in [-0.05, 0) is 54.1 Å². The van der Waals surface area contributed by atoms with Gasteiger partial charge in [-0.25, -0.2) is 5.43 Å². The van der Waals surface area contributed by atoms with Gasteiger partial charge in [0, 0.05) is 10.7 Å². The average molecular weight is 304 g/mol. The molecule has 0 unspecified atom stereocenters. The Morgan fingerprint density at radius 1 is 1.14 bits per heavy atom. The van der Waals surface area contributed by atoms with E-state index in [9.17, 15) is 4.79 Å². The van der Waals surface area contributed by atoms with Crippen LogP contribution in [0.5, 0.6) is 5.75 Å². The van der Waals surface area contributed by atoms with E-state index < -0.39 is 0 Å². The zero-order valence-corrected chi connectivity index (χ0v) is 11.8. The van der Waals surface area contributed by atoms with Crippen LogP contribution in [0.25, 0.3) is 0 Å². The number of nitrogens with zero attached hydrogens (tertiary/aromatic N) is 1. The Morgan fingerprint density at radius 2 is 1.81 bits per heavy atom. The average Bonchev–Trinajstić information content (AvgIpc) is 2.49. The maximum Gasteiger partial charge on any atom is 0.259 e. The Hall–Kier alpha value is -2.53. The lowest BCUT2D eigenvalue weighted by molar-refractivity contribution is -0.119. The molecular formula is C15H14ClN3O2. The molecule has 0 aliphatic heterocycles. The number of hydrogen-bond acceptors (Lipinski definition) is 4. The summed E-state index contributed by atoms with van der Waals surface area (Å²) in [5.41, 5.74) is 3.99. The van der Waals surface area contributed by atoms with Crippen LogP contribution < -0.4 is 10.7 Å². The van der Waals surface area contributed by atoms with E-state index in [4.69, 9.17) is 16.7 Å². The Kier molecular flexibility index (Phi) is 5.17. The van der Waals surface area contributed by atoms with Crippen LogP contribution in [-0.2, 0) is 4.79 Å². The van der Waals surface area contributed by atoms with E-state index in [0.717, 1.165) is 11.3 Å². The van der Waals surface area contributed by atoms with E-state index >= 15 is 0 Å². The lowest BCUT2D eigenvalue weighted by atomic mass is 10.2. The number of halogens is 1. The molecule has 0 fully saturated rings. The van der Waals surface area contributed by atoms with Crippen molar-refractivity contribution in [3.63, 3.8) is 0 Å². The number of benzene rings is 2. The predicted octanol–water partition coefficient (Wildman–Crippen LogP) is 2.61. The summed E-state index contributed by atoms with van der Waals surface area (Å²) in [6, 6.07) is 13.5. The van der Waals surface area contributed by atoms with E-state index in [1.165, 1.54) is 6.21 Å². The third-order valence-electron chi connectivity index (χ3n) is 2.59. The number of aromatic hydroxyl groups is 1. The minimum Gasteiger partial charge on any atom is -0.508 e. The predicted molar refractivity (Wildman–Crippen MR) is 83.8 cm³/mol. The van der Waals surface area contributed by atoms with E-state index in [1.807, 2.05) is 0 Å². The van der Waals surface area contributed by atoms with Crippen LogP contribution in [0.1, 0.15) is 5.56 Å². The van der Waals surface area contributed by atoms with Crippen LogP contribution in [0.2, 0.25) is 5.02 Å². The summed E-state index contributed by atoms with van der Waals surface area (Å²) in [5, 5.41) is 16.6. The minimum atomic E-state index is -0.264. The number of nitrogens with one attached hydrogen (secondary N) is 2. The molecule has 21 heavy (non-hydrogen) atoms. The van der Waals surface area contributed by atoms with Gasteiger partial charge in [0.25, 0.3) is 5.91 Å². The molecule has 2 rings (SSSR count). The number of amides is 1. The second-order valence-corrected chi connectivity index (χ2v) is 4.68. The standard InChI is InChI=1S/C15H14ClN3O2/c16-12-3-5-13(6-4-12)17-10-15(21)19-18-9-11-1-7-14(20)8-2-11/h1-9,17,20H,10H2,(H,19,21)/b18-9-. The molecule has 2 aromatic carbocycles. The molecule has 0 bridgehead atoms. The van der Waals surface area contributed by atoms with Gasteiger partial charge in [-0.1, -0.05) is 11.6 Å². The first kappa shape index (κ1) is 14.9. The Bertz CT molecular complexity index is 624. The first-order valence-corrected chi connectivity index (χ1v) is 6.61. The van der Waals surface area contributed by atoms with Crippen molar-refractivity contribution >= 4 is 29.4 Å². The molecule has 3 N–H and O–H groups in total.